The third-order valence-electron chi connectivity index (χ3n) is 2.88. The molecule has 0 aliphatic carbocycles. The number of para-hydroxylation sites is 1. The van der Waals surface area contributed by atoms with E-state index in [1.54, 1.807) is 31.2 Å². The summed E-state index contributed by atoms with van der Waals surface area (Å²) in [5.74, 6) is -1.13. The summed E-state index contributed by atoms with van der Waals surface area (Å²) in [6.07, 6.45) is -0.0333. The number of ether oxygens (including phenoxy) is 1. The maximum atomic E-state index is 12.2. The van der Waals surface area contributed by atoms with Crippen LogP contribution in [0.15, 0.2) is 39.8 Å². The van der Waals surface area contributed by atoms with E-state index >= 15 is 0 Å². The largest absolute Gasteiger partial charge is 0.466 e. The fourth-order valence-electron chi connectivity index (χ4n) is 1.84. The van der Waals surface area contributed by atoms with Gasteiger partial charge in [-0.25, -0.2) is 0 Å². The lowest BCUT2D eigenvalue weighted by Gasteiger charge is -2.06. The molecule has 1 aliphatic rings. The fourth-order valence-corrected chi connectivity index (χ4v) is 3.34. The number of thioether (sulfide) groups is 1. The zero-order chi connectivity index (χ0) is 16.8. The highest BCUT2D eigenvalue weighted by molar-refractivity contribution is 9.12. The number of amides is 2. The van der Waals surface area contributed by atoms with Crippen molar-refractivity contribution in [3.63, 3.8) is 0 Å². The minimum Gasteiger partial charge on any atom is -0.466 e. The van der Waals surface area contributed by atoms with Crippen molar-refractivity contribution in [2.75, 3.05) is 11.9 Å². The number of carbonyl (C=O) groups excluding carboxylic acids is 3. The Kier molecular flexibility index (Phi) is 6.23. The van der Waals surface area contributed by atoms with Gasteiger partial charge in [0.2, 0.25) is 5.91 Å². The number of nitrogens with one attached hydrogen (secondary N) is 2. The third-order valence-corrected chi connectivity index (χ3v) is 5.10. The Morgan fingerprint density at radius 3 is 2.70 bits per heavy atom. The minimum atomic E-state index is -0.596. The normalized spacial score (nSPS) is 19.0. The Bertz CT molecular complexity index is 648. The Balaban J connectivity index is 2.02. The Hall–Kier alpha value is -1.80. The first kappa shape index (κ1) is 17.6. The molecular formula is C15H15BrN2O4S. The highest BCUT2D eigenvalue weighted by Crippen LogP contribution is 2.33. The van der Waals surface area contributed by atoms with Crippen LogP contribution in [0.3, 0.4) is 0 Å². The van der Waals surface area contributed by atoms with E-state index in [0.717, 1.165) is 11.8 Å². The van der Waals surface area contributed by atoms with Crippen LogP contribution < -0.4 is 10.6 Å². The number of hydrogen-bond acceptors (Lipinski definition) is 5. The molecule has 23 heavy (non-hydrogen) atoms. The average molecular weight is 399 g/mol. The number of halogens is 1. The third kappa shape index (κ3) is 4.84. The van der Waals surface area contributed by atoms with E-state index in [0.29, 0.717) is 10.7 Å². The van der Waals surface area contributed by atoms with Crippen LogP contribution in [-0.4, -0.2) is 29.6 Å². The van der Waals surface area contributed by atoms with Crippen LogP contribution in [0.5, 0.6) is 0 Å². The lowest BCUT2D eigenvalue weighted by Crippen LogP contribution is -2.25. The molecule has 0 aromatic heterocycles. The molecule has 1 aromatic carbocycles. The first-order valence-electron chi connectivity index (χ1n) is 6.90. The predicted octanol–water partition coefficient (Wildman–Crippen LogP) is 2.37. The van der Waals surface area contributed by atoms with Gasteiger partial charge in [-0.2, -0.15) is 0 Å². The smallest absolute Gasteiger partial charge is 0.307 e. The van der Waals surface area contributed by atoms with Crippen LogP contribution >= 0.6 is 27.7 Å². The number of rotatable bonds is 5. The molecule has 2 rings (SSSR count). The average Bonchev–Trinajstić information content (AvgIpc) is 2.88. The van der Waals surface area contributed by atoms with Crippen molar-refractivity contribution in [3.05, 3.63) is 39.8 Å². The van der Waals surface area contributed by atoms with Crippen molar-refractivity contribution in [2.24, 2.45) is 0 Å². The first-order valence-corrected chi connectivity index (χ1v) is 8.57. The molecule has 6 nitrogen and oxygen atoms in total. The fraction of sp³-hybridized carbons (Fsp3) is 0.267. The summed E-state index contributed by atoms with van der Waals surface area (Å²) in [5.41, 5.74) is 0.646. The topological polar surface area (TPSA) is 84.5 Å². The van der Waals surface area contributed by atoms with Crippen LogP contribution in [0.4, 0.5) is 5.69 Å². The Morgan fingerprint density at radius 2 is 2.04 bits per heavy atom. The van der Waals surface area contributed by atoms with Gasteiger partial charge in [-0.1, -0.05) is 30.0 Å². The van der Waals surface area contributed by atoms with Crippen LogP contribution in [0.1, 0.15) is 13.3 Å². The molecular weight excluding hydrogens is 384 g/mol. The molecule has 1 saturated heterocycles. The van der Waals surface area contributed by atoms with Crippen molar-refractivity contribution in [3.8, 4) is 0 Å². The van der Waals surface area contributed by atoms with Gasteiger partial charge in [-0.05, 0) is 35.0 Å². The van der Waals surface area contributed by atoms with Gasteiger partial charge in [0, 0.05) is 5.69 Å². The van der Waals surface area contributed by atoms with E-state index in [4.69, 9.17) is 4.74 Å². The maximum absolute atomic E-state index is 12.2. The second-order valence-corrected chi connectivity index (χ2v) is 6.57. The molecule has 122 valence electrons. The number of benzene rings is 1. The van der Waals surface area contributed by atoms with Crippen molar-refractivity contribution < 1.29 is 19.1 Å². The monoisotopic (exact) mass is 398 g/mol. The lowest BCUT2D eigenvalue weighted by atomic mass is 10.3. The highest BCUT2D eigenvalue weighted by Gasteiger charge is 2.34. The second kappa shape index (κ2) is 8.16. The van der Waals surface area contributed by atoms with Gasteiger partial charge in [-0.3, -0.25) is 14.4 Å². The van der Waals surface area contributed by atoms with Crippen molar-refractivity contribution in [2.45, 2.75) is 18.6 Å². The zero-order valence-electron chi connectivity index (χ0n) is 12.3. The standard InChI is InChI=1S/C15H15BrN2O4S/c1-2-22-11(19)8-10-13(20)18-15(23-10)12(16)14(21)17-9-6-4-3-5-7-9/h3-7,10H,2,8H2,1H3,(H,17,21)(H,18,20)/b15-12-. The Morgan fingerprint density at radius 1 is 1.35 bits per heavy atom. The van der Waals surface area contributed by atoms with E-state index in [2.05, 4.69) is 26.6 Å². The molecule has 1 fully saturated rings. The van der Waals surface area contributed by atoms with Gasteiger partial charge in [0.25, 0.3) is 5.91 Å². The van der Waals surface area contributed by atoms with Gasteiger partial charge in [0.15, 0.2) is 0 Å². The summed E-state index contributed by atoms with van der Waals surface area (Å²) in [6.45, 7) is 1.97. The first-order chi connectivity index (χ1) is 11.0. The van der Waals surface area contributed by atoms with E-state index in [9.17, 15) is 14.4 Å². The molecule has 8 heteroatoms. The molecule has 2 N–H and O–H groups in total. The summed E-state index contributed by atoms with van der Waals surface area (Å²) < 4.78 is 5.05. The van der Waals surface area contributed by atoms with Crippen LogP contribution in [0, 0.1) is 0 Å². The number of anilines is 1. The SMILES string of the molecule is CCOC(=O)CC1S/C(=C(\Br)C(=O)Nc2ccccc2)NC1=O. The summed E-state index contributed by atoms with van der Waals surface area (Å²) in [6, 6.07) is 8.96. The predicted molar refractivity (Wildman–Crippen MR) is 91.8 cm³/mol. The van der Waals surface area contributed by atoms with Crippen LogP contribution in [0.25, 0.3) is 0 Å². The molecule has 1 heterocycles. The molecule has 2 amide bonds. The molecule has 0 spiro atoms. The van der Waals surface area contributed by atoms with Gasteiger partial charge in [-0.15, -0.1) is 0 Å². The highest BCUT2D eigenvalue weighted by atomic mass is 79.9. The quantitative estimate of drug-likeness (QED) is 0.587. The van der Waals surface area contributed by atoms with Gasteiger partial charge in [0.1, 0.15) is 9.73 Å². The van der Waals surface area contributed by atoms with E-state index < -0.39 is 11.2 Å². The molecule has 0 radical (unpaired) electrons. The van der Waals surface area contributed by atoms with E-state index in [1.165, 1.54) is 0 Å². The summed E-state index contributed by atoms with van der Waals surface area (Å²) >= 11 is 4.33. The number of carbonyl (C=O) groups is 3. The molecule has 1 aliphatic heterocycles. The molecule has 1 unspecified atom stereocenters. The van der Waals surface area contributed by atoms with Gasteiger partial charge in [0.05, 0.1) is 18.1 Å². The molecule has 1 atom stereocenters. The van der Waals surface area contributed by atoms with Crippen molar-refractivity contribution >= 4 is 51.2 Å². The van der Waals surface area contributed by atoms with E-state index in [-0.39, 0.29) is 29.3 Å². The van der Waals surface area contributed by atoms with Crippen LogP contribution in [-0.2, 0) is 19.1 Å². The number of hydrogen-bond donors (Lipinski definition) is 2. The summed E-state index contributed by atoms with van der Waals surface area (Å²) in [7, 11) is 0. The second-order valence-electron chi connectivity index (χ2n) is 4.57. The van der Waals surface area contributed by atoms with E-state index in [1.807, 2.05) is 6.07 Å². The molecule has 0 saturated carbocycles. The summed E-state index contributed by atoms with van der Waals surface area (Å²) in [4.78, 5) is 35.5. The zero-order valence-corrected chi connectivity index (χ0v) is 14.7. The van der Waals surface area contributed by atoms with Gasteiger partial charge < -0.3 is 15.4 Å². The summed E-state index contributed by atoms with van der Waals surface area (Å²) in [5, 5.41) is 5.11. The minimum absolute atomic E-state index is 0.0333. The number of esters is 1. The van der Waals surface area contributed by atoms with Crippen molar-refractivity contribution in [1.82, 2.24) is 5.32 Å². The molecule has 0 bridgehead atoms. The Labute approximate surface area is 146 Å². The van der Waals surface area contributed by atoms with Crippen LogP contribution in [0.2, 0.25) is 0 Å². The lowest BCUT2D eigenvalue weighted by molar-refractivity contribution is -0.144. The maximum Gasteiger partial charge on any atom is 0.307 e. The molecule has 1 aromatic rings. The van der Waals surface area contributed by atoms with Crippen molar-refractivity contribution in [1.29, 1.82) is 0 Å². The van der Waals surface area contributed by atoms with Gasteiger partial charge >= 0.3 is 5.97 Å².